The quantitative estimate of drug-likeness (QED) is 0.388. The Morgan fingerprint density at radius 3 is 1.74 bits per heavy atom. The van der Waals surface area contributed by atoms with E-state index in [4.69, 9.17) is 4.74 Å². The van der Waals surface area contributed by atoms with Crippen LogP contribution in [0.5, 0.6) is 0 Å². The van der Waals surface area contributed by atoms with Crippen molar-refractivity contribution in [1.82, 2.24) is 0 Å². The van der Waals surface area contributed by atoms with Gasteiger partial charge in [-0.25, -0.2) is 0 Å². The molecule has 0 radical (unpaired) electrons. The molecule has 1 rings (SSSR count). The van der Waals surface area contributed by atoms with Crippen LogP contribution in [0, 0.1) is 5.92 Å². The van der Waals surface area contributed by atoms with Crippen molar-refractivity contribution >= 4 is 18.4 Å². The van der Waals surface area contributed by atoms with Gasteiger partial charge in [-0.15, -0.1) is 0 Å². The van der Waals surface area contributed by atoms with Crippen LogP contribution in [0.4, 0.5) is 0 Å². The van der Waals surface area contributed by atoms with Crippen molar-refractivity contribution in [2.45, 2.75) is 83.0 Å². The predicted molar refractivity (Wildman–Crippen MR) is 88.6 cm³/mol. The molecule has 0 N–H and O–H groups in total. The Morgan fingerprint density at radius 2 is 1.37 bits per heavy atom. The van der Waals surface area contributed by atoms with Crippen molar-refractivity contribution in [3.8, 4) is 0 Å². The Kier molecular flexibility index (Phi) is 9.05. The monoisotopic (exact) mass is 376 g/mol. The van der Waals surface area contributed by atoms with E-state index in [1.165, 1.54) is 48.9 Å². The van der Waals surface area contributed by atoms with Gasteiger partial charge in [-0.3, -0.25) is 0 Å². The van der Waals surface area contributed by atoms with Crippen LogP contribution in [-0.4, -0.2) is 32.1 Å². The Morgan fingerprint density at radius 1 is 0.895 bits per heavy atom. The molecule has 0 saturated heterocycles. The summed E-state index contributed by atoms with van der Waals surface area (Å²) >= 11 is -1.86. The third-order valence-electron chi connectivity index (χ3n) is 5.17. The van der Waals surface area contributed by atoms with Crippen LogP contribution in [-0.2, 0) is 4.74 Å². The molecule has 0 aromatic rings. The fraction of sp³-hybridized carbons (Fsp3) is 1.00. The van der Waals surface area contributed by atoms with Crippen molar-refractivity contribution in [2.75, 3.05) is 13.7 Å². The van der Waals surface area contributed by atoms with Crippen LogP contribution >= 0.6 is 0 Å². The molecule has 0 bridgehead atoms. The molecule has 0 heterocycles. The third-order valence-corrected chi connectivity index (χ3v) is 23.2. The maximum absolute atomic E-state index is 5.44. The molecule has 1 aliphatic rings. The van der Waals surface area contributed by atoms with Gasteiger partial charge >= 0.3 is 126 Å². The standard InChI is InChI=1S/C5H9O.3C4H9.Sn/c1-6-4-5-2-3-5;3*1-3-4-2;/h2,5H,3-4H2,1H3;3*1,3-4H2,2H3;/t5-;;;;/m0..../s1. The van der Waals surface area contributed by atoms with Crippen molar-refractivity contribution in [1.29, 1.82) is 0 Å². The molecule has 0 amide bonds. The zero-order valence-corrected chi connectivity index (χ0v) is 16.7. The first kappa shape index (κ1) is 17.8. The van der Waals surface area contributed by atoms with E-state index >= 15 is 0 Å². The van der Waals surface area contributed by atoms with Crippen LogP contribution in [0.25, 0.3) is 0 Å². The topological polar surface area (TPSA) is 9.23 Å². The number of hydrogen-bond acceptors (Lipinski definition) is 1. The van der Waals surface area contributed by atoms with Crippen LogP contribution in [0.3, 0.4) is 0 Å². The molecular formula is C17H36OSn. The fourth-order valence-corrected chi connectivity index (χ4v) is 23.7. The molecule has 1 fully saturated rings. The van der Waals surface area contributed by atoms with Gasteiger partial charge in [0.05, 0.1) is 0 Å². The summed E-state index contributed by atoms with van der Waals surface area (Å²) in [5.74, 6) is 0.964. The second-order valence-electron chi connectivity index (χ2n) is 6.73. The first-order chi connectivity index (χ1) is 9.24. The van der Waals surface area contributed by atoms with Crippen molar-refractivity contribution in [3.05, 3.63) is 0 Å². The molecule has 19 heavy (non-hydrogen) atoms. The normalized spacial score (nSPS) is 22.7. The summed E-state index contributed by atoms with van der Waals surface area (Å²) in [7, 11) is 1.89. The number of hydrogen-bond donors (Lipinski definition) is 0. The fourth-order valence-electron chi connectivity index (χ4n) is 3.91. The van der Waals surface area contributed by atoms with Gasteiger partial charge in [0.2, 0.25) is 0 Å². The third kappa shape index (κ3) is 5.57. The molecule has 0 spiro atoms. The predicted octanol–water partition coefficient (Wildman–Crippen LogP) is 5.87. The minimum atomic E-state index is -1.86. The SMILES string of the molecule is CCC[CH2][Sn]([CH2]CCC)([CH2]CCC)[C@@H]1C[C@H]1COC. The Hall–Kier alpha value is 0.759. The van der Waals surface area contributed by atoms with Crippen molar-refractivity contribution in [2.24, 2.45) is 5.92 Å². The molecule has 0 aromatic heterocycles. The zero-order valence-electron chi connectivity index (χ0n) is 13.8. The summed E-state index contributed by atoms with van der Waals surface area (Å²) < 4.78 is 11.6. The second kappa shape index (κ2) is 9.65. The van der Waals surface area contributed by atoms with E-state index in [-0.39, 0.29) is 0 Å². The minimum absolute atomic E-state index is 0.964. The number of methoxy groups -OCH3 is 1. The van der Waals surface area contributed by atoms with Gasteiger partial charge in [0.25, 0.3) is 0 Å². The van der Waals surface area contributed by atoms with Gasteiger partial charge < -0.3 is 0 Å². The van der Waals surface area contributed by atoms with Crippen LogP contribution < -0.4 is 0 Å². The summed E-state index contributed by atoms with van der Waals surface area (Å²) in [6.45, 7) is 8.16. The average molecular weight is 375 g/mol. The average Bonchev–Trinajstić information content (AvgIpc) is 3.19. The Labute approximate surface area is 125 Å². The van der Waals surface area contributed by atoms with Gasteiger partial charge in [0, 0.05) is 0 Å². The Balaban J connectivity index is 2.65. The summed E-state index contributed by atoms with van der Waals surface area (Å²) in [5, 5.41) is 0. The van der Waals surface area contributed by atoms with E-state index in [0.29, 0.717) is 0 Å². The van der Waals surface area contributed by atoms with Crippen molar-refractivity contribution in [3.63, 3.8) is 0 Å². The van der Waals surface area contributed by atoms with E-state index < -0.39 is 18.4 Å². The van der Waals surface area contributed by atoms with Crippen LogP contribution in [0.15, 0.2) is 0 Å². The molecule has 0 aliphatic heterocycles. The molecule has 2 atom stereocenters. The number of ether oxygens (including phenoxy) is 1. The summed E-state index contributed by atoms with van der Waals surface area (Å²) in [6.07, 6.45) is 10.3. The van der Waals surface area contributed by atoms with Gasteiger partial charge in [-0.1, -0.05) is 0 Å². The van der Waals surface area contributed by atoms with Gasteiger partial charge in [-0.05, 0) is 0 Å². The van der Waals surface area contributed by atoms with Crippen molar-refractivity contribution < 1.29 is 4.74 Å². The molecule has 1 aliphatic carbocycles. The summed E-state index contributed by atoms with van der Waals surface area (Å²) in [4.78, 5) is 0. The summed E-state index contributed by atoms with van der Waals surface area (Å²) in [6, 6.07) is 0. The van der Waals surface area contributed by atoms with Gasteiger partial charge in [-0.2, -0.15) is 0 Å². The first-order valence-corrected chi connectivity index (χ1v) is 16.4. The van der Waals surface area contributed by atoms with Crippen LogP contribution in [0.1, 0.15) is 65.7 Å². The first-order valence-electron chi connectivity index (χ1n) is 8.73. The van der Waals surface area contributed by atoms with Gasteiger partial charge in [0.1, 0.15) is 0 Å². The molecule has 1 saturated carbocycles. The molecule has 114 valence electrons. The molecule has 2 heteroatoms. The van der Waals surface area contributed by atoms with Gasteiger partial charge in [0.15, 0.2) is 0 Å². The zero-order chi connectivity index (χ0) is 14.1. The van der Waals surface area contributed by atoms with Crippen LogP contribution in [0.2, 0.25) is 17.2 Å². The Bertz CT molecular complexity index is 208. The van der Waals surface area contributed by atoms with E-state index in [1.807, 2.05) is 7.11 Å². The molecule has 0 unspecified atom stereocenters. The molecule has 1 nitrogen and oxygen atoms in total. The maximum atomic E-state index is 5.44. The summed E-state index contributed by atoms with van der Waals surface area (Å²) in [5.41, 5.74) is 0. The van der Waals surface area contributed by atoms with E-state index in [0.717, 1.165) is 12.5 Å². The second-order valence-corrected chi connectivity index (χ2v) is 20.9. The van der Waals surface area contributed by atoms with E-state index in [9.17, 15) is 0 Å². The number of rotatable bonds is 12. The van der Waals surface area contributed by atoms with E-state index in [2.05, 4.69) is 20.8 Å². The molecular weight excluding hydrogens is 339 g/mol. The van der Waals surface area contributed by atoms with E-state index in [1.54, 1.807) is 13.3 Å². The molecule has 0 aromatic carbocycles. The number of unbranched alkanes of at least 4 members (excludes halogenated alkanes) is 3.